The van der Waals surface area contributed by atoms with E-state index in [-0.39, 0.29) is 0 Å². The quantitative estimate of drug-likeness (QED) is 0.569. The molecule has 0 amide bonds. The minimum atomic E-state index is 0.636. The topological polar surface area (TPSA) is 54.7 Å². The lowest BCUT2D eigenvalue weighted by Gasteiger charge is -2.09. The molecule has 0 aliphatic carbocycles. The van der Waals surface area contributed by atoms with E-state index in [2.05, 4.69) is 56.7 Å². The summed E-state index contributed by atoms with van der Waals surface area (Å²) < 4.78 is 0. The molecule has 0 spiro atoms. The zero-order valence-corrected chi connectivity index (χ0v) is 13.9. The monoisotopic (exact) mass is 319 g/mol. The van der Waals surface area contributed by atoms with E-state index in [0.717, 1.165) is 28.7 Å². The zero-order valence-electron chi connectivity index (χ0n) is 12.7. The Labute approximate surface area is 137 Å². The molecule has 3 N–H and O–H groups in total. The second-order valence-corrected chi connectivity index (χ2v) is 6.40. The zero-order chi connectivity index (χ0) is 15.8. The molecule has 1 unspecified atom stereocenters. The van der Waals surface area contributed by atoms with Crippen LogP contribution in [0.25, 0.3) is 33.1 Å². The van der Waals surface area contributed by atoms with Crippen LogP contribution in [0.15, 0.2) is 54.7 Å². The summed E-state index contributed by atoms with van der Waals surface area (Å²) in [6.07, 6.45) is 2.89. The van der Waals surface area contributed by atoms with Crippen molar-refractivity contribution in [1.82, 2.24) is 9.97 Å². The second kappa shape index (κ2) is 5.77. The van der Waals surface area contributed by atoms with Gasteiger partial charge in [0.05, 0.1) is 11.2 Å². The third-order valence-corrected chi connectivity index (χ3v) is 4.56. The number of aromatic nitrogens is 2. The van der Waals surface area contributed by atoms with Crippen molar-refractivity contribution in [3.05, 3.63) is 60.3 Å². The number of nitrogens with zero attached hydrogens (tertiary/aromatic N) is 1. The number of hydrogen-bond acceptors (Lipinski definition) is 2. The molecule has 4 rings (SSSR count). The Balaban J connectivity index is 1.98. The lowest BCUT2D eigenvalue weighted by Crippen LogP contribution is -2.04. The molecule has 0 bridgehead atoms. The van der Waals surface area contributed by atoms with E-state index in [0.29, 0.717) is 6.54 Å². The van der Waals surface area contributed by atoms with Gasteiger partial charge in [0.1, 0.15) is 0 Å². The molecule has 1 atom stereocenters. The van der Waals surface area contributed by atoms with Gasteiger partial charge in [-0.15, -0.1) is 9.24 Å². The maximum absolute atomic E-state index is 5.80. The highest BCUT2D eigenvalue weighted by Crippen LogP contribution is 2.30. The molecule has 2 aromatic carbocycles. The van der Waals surface area contributed by atoms with Crippen molar-refractivity contribution >= 4 is 36.4 Å². The predicted molar refractivity (Wildman–Crippen MR) is 101 cm³/mol. The van der Waals surface area contributed by atoms with Crippen LogP contribution < -0.4 is 11.0 Å². The Bertz CT molecular complexity index is 1000. The SMILES string of the molecule is NCCc1cc(-c2c[nH]c3ccc(P)cc23)nc2ccccc12. The van der Waals surface area contributed by atoms with Crippen molar-refractivity contribution in [2.24, 2.45) is 5.73 Å². The van der Waals surface area contributed by atoms with Crippen molar-refractivity contribution < 1.29 is 0 Å². The van der Waals surface area contributed by atoms with E-state index in [1.54, 1.807) is 0 Å². The van der Waals surface area contributed by atoms with Gasteiger partial charge in [-0.2, -0.15) is 0 Å². The highest BCUT2D eigenvalue weighted by Gasteiger charge is 2.11. The molecule has 0 aliphatic rings. The third kappa shape index (κ3) is 2.52. The van der Waals surface area contributed by atoms with Crippen LogP contribution in [0.2, 0.25) is 0 Å². The number of fused-ring (bicyclic) bond motifs is 2. The number of benzene rings is 2. The van der Waals surface area contributed by atoms with Crippen LogP contribution in [0.3, 0.4) is 0 Å². The number of para-hydroxylation sites is 1. The van der Waals surface area contributed by atoms with Crippen molar-refractivity contribution in [1.29, 1.82) is 0 Å². The van der Waals surface area contributed by atoms with E-state index in [1.165, 1.54) is 21.6 Å². The molecule has 2 aromatic heterocycles. The molecule has 2 heterocycles. The van der Waals surface area contributed by atoms with Crippen LogP contribution in [-0.4, -0.2) is 16.5 Å². The average molecular weight is 319 g/mol. The fourth-order valence-corrected chi connectivity index (χ4v) is 3.36. The van der Waals surface area contributed by atoms with Gasteiger partial charge >= 0.3 is 0 Å². The molecule has 0 radical (unpaired) electrons. The van der Waals surface area contributed by atoms with Gasteiger partial charge < -0.3 is 10.7 Å². The minimum Gasteiger partial charge on any atom is -0.360 e. The molecule has 114 valence electrons. The van der Waals surface area contributed by atoms with Crippen molar-refractivity contribution in [2.45, 2.75) is 6.42 Å². The molecule has 0 saturated carbocycles. The van der Waals surface area contributed by atoms with E-state index >= 15 is 0 Å². The first-order chi connectivity index (χ1) is 11.3. The smallest absolute Gasteiger partial charge is 0.0733 e. The normalized spacial score (nSPS) is 11.4. The highest BCUT2D eigenvalue weighted by molar-refractivity contribution is 7.27. The first kappa shape index (κ1) is 14.4. The summed E-state index contributed by atoms with van der Waals surface area (Å²) >= 11 is 0. The Hall–Kier alpha value is -2.22. The van der Waals surface area contributed by atoms with Crippen LogP contribution in [0.4, 0.5) is 0 Å². The van der Waals surface area contributed by atoms with E-state index in [1.807, 2.05) is 12.3 Å². The van der Waals surface area contributed by atoms with Gasteiger partial charge in [0.25, 0.3) is 0 Å². The Kier molecular flexibility index (Phi) is 3.60. The molecule has 23 heavy (non-hydrogen) atoms. The number of H-pyrrole nitrogens is 1. The summed E-state index contributed by atoms with van der Waals surface area (Å²) in [5.41, 5.74) is 11.3. The summed E-state index contributed by atoms with van der Waals surface area (Å²) in [4.78, 5) is 8.21. The number of aromatic amines is 1. The van der Waals surface area contributed by atoms with E-state index < -0.39 is 0 Å². The van der Waals surface area contributed by atoms with E-state index in [4.69, 9.17) is 10.7 Å². The van der Waals surface area contributed by atoms with Gasteiger partial charge in [-0.05, 0) is 48.1 Å². The van der Waals surface area contributed by atoms with Crippen molar-refractivity contribution in [3.63, 3.8) is 0 Å². The van der Waals surface area contributed by atoms with Gasteiger partial charge in [0.15, 0.2) is 0 Å². The van der Waals surface area contributed by atoms with Gasteiger partial charge in [0.2, 0.25) is 0 Å². The predicted octanol–water partition coefficient (Wildman–Crippen LogP) is 3.38. The number of hydrogen-bond donors (Lipinski definition) is 2. The number of nitrogens with two attached hydrogens (primary N) is 1. The Morgan fingerprint density at radius 3 is 2.78 bits per heavy atom. The molecule has 4 heteroatoms. The van der Waals surface area contributed by atoms with Crippen LogP contribution in [0.5, 0.6) is 0 Å². The fraction of sp³-hybridized carbons (Fsp3) is 0.105. The summed E-state index contributed by atoms with van der Waals surface area (Å²) in [5, 5.41) is 3.55. The largest absolute Gasteiger partial charge is 0.360 e. The molecule has 0 saturated heterocycles. The maximum atomic E-state index is 5.80. The highest BCUT2D eigenvalue weighted by atomic mass is 31.0. The summed E-state index contributed by atoms with van der Waals surface area (Å²) in [5.74, 6) is 0. The molecule has 4 aromatic rings. The van der Waals surface area contributed by atoms with Gasteiger partial charge in [-0.1, -0.05) is 24.3 Å². The fourth-order valence-electron chi connectivity index (χ4n) is 3.10. The molecular weight excluding hydrogens is 301 g/mol. The minimum absolute atomic E-state index is 0.636. The van der Waals surface area contributed by atoms with Crippen LogP contribution >= 0.6 is 9.24 Å². The first-order valence-corrected chi connectivity index (χ1v) is 8.30. The standard InChI is InChI=1S/C19H18N3P/c20-8-7-12-9-19(22-18-4-2-1-3-14(12)18)16-11-21-17-6-5-13(23)10-15(16)17/h1-6,9-11,21H,7-8,20,23H2. The Morgan fingerprint density at radius 1 is 1.04 bits per heavy atom. The van der Waals surface area contributed by atoms with Crippen molar-refractivity contribution in [3.8, 4) is 11.3 Å². The van der Waals surface area contributed by atoms with Crippen LogP contribution in [0.1, 0.15) is 5.56 Å². The van der Waals surface area contributed by atoms with Gasteiger partial charge in [-0.25, -0.2) is 4.98 Å². The number of nitrogens with one attached hydrogen (secondary N) is 1. The molecule has 3 nitrogen and oxygen atoms in total. The molecular formula is C19H18N3P. The first-order valence-electron chi connectivity index (χ1n) is 7.72. The molecule has 0 aliphatic heterocycles. The Morgan fingerprint density at radius 2 is 1.91 bits per heavy atom. The second-order valence-electron chi connectivity index (χ2n) is 5.73. The molecule has 0 fully saturated rings. The summed E-state index contributed by atoms with van der Waals surface area (Å²) in [7, 11) is 2.75. The lowest BCUT2D eigenvalue weighted by molar-refractivity contribution is 0.975. The summed E-state index contributed by atoms with van der Waals surface area (Å²) in [6, 6.07) is 16.8. The van der Waals surface area contributed by atoms with Crippen molar-refractivity contribution in [2.75, 3.05) is 6.54 Å². The van der Waals surface area contributed by atoms with Crippen LogP contribution in [0, 0.1) is 0 Å². The summed E-state index contributed by atoms with van der Waals surface area (Å²) in [6.45, 7) is 0.636. The maximum Gasteiger partial charge on any atom is 0.0733 e. The number of rotatable bonds is 3. The average Bonchev–Trinajstić information content (AvgIpc) is 2.98. The lowest BCUT2D eigenvalue weighted by atomic mass is 10.0. The third-order valence-electron chi connectivity index (χ3n) is 4.20. The van der Waals surface area contributed by atoms with Crippen LogP contribution in [-0.2, 0) is 6.42 Å². The van der Waals surface area contributed by atoms with Gasteiger partial charge in [0, 0.05) is 28.0 Å². The van der Waals surface area contributed by atoms with Gasteiger partial charge in [-0.3, -0.25) is 0 Å². The number of pyridine rings is 1. The van der Waals surface area contributed by atoms with E-state index in [9.17, 15) is 0 Å².